The van der Waals surface area contributed by atoms with Crippen LogP contribution in [-0.2, 0) is 0 Å². The van der Waals surface area contributed by atoms with Gasteiger partial charge in [0.2, 0.25) is 5.88 Å². The number of pyridine rings is 2. The second kappa shape index (κ2) is 11.6. The van der Waals surface area contributed by atoms with Gasteiger partial charge in [-0.3, -0.25) is 14.2 Å². The summed E-state index contributed by atoms with van der Waals surface area (Å²) < 4.78 is 7.07. The molecule has 0 spiro atoms. The van der Waals surface area contributed by atoms with Crippen molar-refractivity contribution in [1.82, 2.24) is 19.4 Å². The topological polar surface area (TPSA) is 77.3 Å². The standard InChI is InChI=1S/C30H29ClN4O3S/c1-19(2)16-26-22(29(36)34-14-5-4-6-15-34)17-23(30(37)35(26)25-8-7-13-32-27(25)38-3)28-33-24(18-39-28)20-9-11-21(31)12-10-20/h7-13,16-18H,4-6,14-15H2,1-3H3. The molecule has 200 valence electrons. The zero-order valence-corrected chi connectivity index (χ0v) is 23.7. The van der Waals surface area contributed by atoms with E-state index in [1.807, 2.05) is 42.3 Å². The first-order valence-corrected chi connectivity index (χ1v) is 14.1. The monoisotopic (exact) mass is 560 g/mol. The molecule has 3 aromatic heterocycles. The molecule has 5 rings (SSSR count). The van der Waals surface area contributed by atoms with E-state index in [9.17, 15) is 9.59 Å². The average molecular weight is 561 g/mol. The van der Waals surface area contributed by atoms with Crippen LogP contribution < -0.4 is 10.3 Å². The quantitative estimate of drug-likeness (QED) is 0.261. The van der Waals surface area contributed by atoms with Crippen molar-refractivity contribution in [3.05, 3.63) is 86.2 Å². The van der Waals surface area contributed by atoms with E-state index >= 15 is 0 Å². The number of carbonyl (C=O) groups is 1. The number of benzene rings is 1. The molecule has 0 bridgehead atoms. The van der Waals surface area contributed by atoms with Gasteiger partial charge in [-0.2, -0.15) is 0 Å². The number of allylic oxidation sites excluding steroid dienone is 1. The Labute approximate surface area is 236 Å². The van der Waals surface area contributed by atoms with E-state index in [1.54, 1.807) is 36.5 Å². The number of methoxy groups -OCH3 is 1. The van der Waals surface area contributed by atoms with Crippen molar-refractivity contribution in [1.29, 1.82) is 0 Å². The SMILES string of the molecule is COc1ncccc1-n1c(C=C(C)C)c(C(=O)N2CCCCC2)cc(-c2nc(-c3ccc(Cl)cc3)cs2)c1=O. The zero-order valence-electron chi connectivity index (χ0n) is 22.1. The van der Waals surface area contributed by atoms with Crippen LogP contribution in [0.1, 0.15) is 49.2 Å². The number of piperidine rings is 1. The molecule has 1 aliphatic rings. The van der Waals surface area contributed by atoms with Crippen LogP contribution in [0.2, 0.25) is 5.02 Å². The van der Waals surface area contributed by atoms with Crippen LogP contribution in [0.15, 0.2) is 64.4 Å². The summed E-state index contributed by atoms with van der Waals surface area (Å²) in [7, 11) is 1.51. The molecule has 9 heteroatoms. The summed E-state index contributed by atoms with van der Waals surface area (Å²) in [5.74, 6) is 0.187. The van der Waals surface area contributed by atoms with Crippen LogP contribution >= 0.6 is 22.9 Å². The van der Waals surface area contributed by atoms with E-state index in [-0.39, 0.29) is 17.3 Å². The van der Waals surface area contributed by atoms with Crippen molar-refractivity contribution in [2.75, 3.05) is 20.2 Å². The van der Waals surface area contributed by atoms with E-state index in [0.29, 0.717) is 45.6 Å². The fraction of sp³-hybridized carbons (Fsp3) is 0.267. The number of carbonyl (C=O) groups excluding carboxylic acids is 1. The highest BCUT2D eigenvalue weighted by Crippen LogP contribution is 2.32. The Kier molecular flexibility index (Phi) is 7.95. The Morgan fingerprint density at radius 2 is 1.85 bits per heavy atom. The molecule has 0 radical (unpaired) electrons. The summed E-state index contributed by atoms with van der Waals surface area (Å²) in [4.78, 5) is 39.3. The van der Waals surface area contributed by atoms with Gasteiger partial charge in [-0.1, -0.05) is 29.3 Å². The average Bonchev–Trinajstić information content (AvgIpc) is 3.44. The molecule has 1 fully saturated rings. The molecule has 0 N–H and O–H groups in total. The summed E-state index contributed by atoms with van der Waals surface area (Å²) in [6, 6.07) is 12.6. The maximum absolute atomic E-state index is 14.3. The molecule has 0 saturated carbocycles. The predicted molar refractivity (Wildman–Crippen MR) is 157 cm³/mol. The first-order chi connectivity index (χ1) is 18.9. The molecule has 1 aromatic carbocycles. The molecular formula is C30H29ClN4O3S. The number of hydrogen-bond donors (Lipinski definition) is 0. The molecule has 7 nitrogen and oxygen atoms in total. The van der Waals surface area contributed by atoms with Gasteiger partial charge in [-0.05, 0) is 69.5 Å². The minimum Gasteiger partial charge on any atom is -0.480 e. The van der Waals surface area contributed by atoms with E-state index in [4.69, 9.17) is 21.3 Å². The summed E-state index contributed by atoms with van der Waals surface area (Å²) in [5.41, 5.74) is 4.02. The third-order valence-corrected chi connectivity index (χ3v) is 7.73. The van der Waals surface area contributed by atoms with Crippen molar-refractivity contribution in [3.63, 3.8) is 0 Å². The van der Waals surface area contributed by atoms with Gasteiger partial charge in [0.05, 0.1) is 29.6 Å². The van der Waals surface area contributed by atoms with Gasteiger partial charge >= 0.3 is 0 Å². The molecule has 4 aromatic rings. The van der Waals surface area contributed by atoms with Crippen LogP contribution in [-0.4, -0.2) is 45.5 Å². The van der Waals surface area contributed by atoms with E-state index in [2.05, 4.69) is 4.98 Å². The predicted octanol–water partition coefficient (Wildman–Crippen LogP) is 6.73. The highest BCUT2D eigenvalue weighted by Gasteiger charge is 2.27. The smallest absolute Gasteiger partial charge is 0.266 e. The second-order valence-electron chi connectivity index (χ2n) is 9.65. The Bertz CT molecular complexity index is 1600. The number of aromatic nitrogens is 3. The molecule has 1 saturated heterocycles. The van der Waals surface area contributed by atoms with Crippen molar-refractivity contribution in [3.8, 4) is 33.4 Å². The summed E-state index contributed by atoms with van der Waals surface area (Å²) in [6.07, 6.45) is 6.51. The molecule has 1 amide bonds. The van der Waals surface area contributed by atoms with Crippen LogP contribution in [0.5, 0.6) is 5.88 Å². The van der Waals surface area contributed by atoms with Gasteiger partial charge in [0, 0.05) is 35.3 Å². The lowest BCUT2D eigenvalue weighted by molar-refractivity contribution is 0.0723. The minimum absolute atomic E-state index is 0.102. The number of nitrogens with zero attached hydrogens (tertiary/aromatic N) is 4. The molecule has 39 heavy (non-hydrogen) atoms. The minimum atomic E-state index is -0.305. The summed E-state index contributed by atoms with van der Waals surface area (Å²) in [5, 5.41) is 3.07. The summed E-state index contributed by atoms with van der Waals surface area (Å²) >= 11 is 7.43. The highest BCUT2D eigenvalue weighted by molar-refractivity contribution is 7.13. The fourth-order valence-corrected chi connectivity index (χ4v) is 5.70. The van der Waals surface area contributed by atoms with E-state index < -0.39 is 0 Å². The summed E-state index contributed by atoms with van der Waals surface area (Å²) in [6.45, 7) is 5.26. The largest absolute Gasteiger partial charge is 0.480 e. The molecule has 0 unspecified atom stereocenters. The molecule has 4 heterocycles. The fourth-order valence-electron chi connectivity index (χ4n) is 4.74. The number of thiazole rings is 1. The van der Waals surface area contributed by atoms with Crippen LogP contribution in [0, 0.1) is 0 Å². The molecule has 0 atom stereocenters. The molecule has 1 aliphatic heterocycles. The van der Waals surface area contributed by atoms with Crippen LogP contribution in [0.4, 0.5) is 0 Å². The zero-order chi connectivity index (χ0) is 27.5. The maximum atomic E-state index is 14.3. The number of amides is 1. The van der Waals surface area contributed by atoms with Crippen LogP contribution in [0.25, 0.3) is 33.6 Å². The van der Waals surface area contributed by atoms with Gasteiger partial charge in [0.1, 0.15) is 10.7 Å². The van der Waals surface area contributed by atoms with Crippen molar-refractivity contribution in [2.45, 2.75) is 33.1 Å². The normalized spacial score (nSPS) is 13.3. The third-order valence-electron chi connectivity index (χ3n) is 6.60. The number of halogens is 1. The Hall–Kier alpha value is -3.75. The van der Waals surface area contributed by atoms with Gasteiger partial charge in [-0.15, -0.1) is 11.3 Å². The number of hydrogen-bond acceptors (Lipinski definition) is 6. The number of rotatable bonds is 6. The Balaban J connectivity index is 1.77. The molecular weight excluding hydrogens is 532 g/mol. The number of ether oxygens (including phenoxy) is 1. The van der Waals surface area contributed by atoms with Gasteiger partial charge < -0.3 is 9.64 Å². The van der Waals surface area contributed by atoms with Gasteiger partial charge in [0.25, 0.3) is 11.5 Å². The lowest BCUT2D eigenvalue weighted by Gasteiger charge is -2.28. The first kappa shape index (κ1) is 26.8. The Morgan fingerprint density at radius 1 is 1.10 bits per heavy atom. The van der Waals surface area contributed by atoms with Gasteiger partial charge in [0.15, 0.2) is 0 Å². The number of likely N-dealkylation sites (tertiary alicyclic amines) is 1. The highest BCUT2D eigenvalue weighted by atomic mass is 35.5. The molecule has 0 aliphatic carbocycles. The van der Waals surface area contributed by atoms with E-state index in [0.717, 1.165) is 36.1 Å². The Morgan fingerprint density at radius 3 is 2.54 bits per heavy atom. The van der Waals surface area contributed by atoms with Crippen molar-refractivity contribution in [2.24, 2.45) is 0 Å². The maximum Gasteiger partial charge on any atom is 0.266 e. The first-order valence-electron chi connectivity index (χ1n) is 12.8. The third kappa shape index (κ3) is 5.53. The second-order valence-corrected chi connectivity index (χ2v) is 10.9. The van der Waals surface area contributed by atoms with Gasteiger partial charge in [-0.25, -0.2) is 9.97 Å². The van der Waals surface area contributed by atoms with Crippen molar-refractivity contribution < 1.29 is 9.53 Å². The van der Waals surface area contributed by atoms with Crippen molar-refractivity contribution >= 4 is 34.9 Å². The lowest BCUT2D eigenvalue weighted by Crippen LogP contribution is -2.37. The lowest BCUT2D eigenvalue weighted by atomic mass is 10.0. The van der Waals surface area contributed by atoms with Crippen LogP contribution in [0.3, 0.4) is 0 Å². The van der Waals surface area contributed by atoms with E-state index in [1.165, 1.54) is 23.0 Å².